The molecule has 0 aliphatic rings. The van der Waals surface area contributed by atoms with E-state index in [1.807, 2.05) is 33.3 Å². The SMILES string of the molecule is CCCCC/C=C\C/C=C\C/C=C\C/C=C\CCCC(=O)NC(COP(=O)([O-])OCC[N+](C)(C)C)C(/C=C\CCCCCCCCCCC)OC(=O)CCCCCCCCCCCCCC/C=C\C/C=C\C/C=C\CCCCC. The summed E-state index contributed by atoms with van der Waals surface area (Å²) in [6.07, 6.45) is 78.2. The fourth-order valence-corrected chi connectivity index (χ4v) is 9.66. The van der Waals surface area contributed by atoms with Crippen molar-refractivity contribution in [3.05, 3.63) is 97.2 Å². The zero-order chi connectivity index (χ0) is 57.9. The van der Waals surface area contributed by atoms with E-state index in [0.29, 0.717) is 17.4 Å². The zero-order valence-corrected chi connectivity index (χ0v) is 52.9. The zero-order valence-electron chi connectivity index (χ0n) is 52.1. The lowest BCUT2D eigenvalue weighted by Gasteiger charge is -2.30. The van der Waals surface area contributed by atoms with Crippen molar-refractivity contribution >= 4 is 19.7 Å². The quantitative estimate of drug-likeness (QED) is 0.0212. The number of hydrogen-bond acceptors (Lipinski definition) is 7. The van der Waals surface area contributed by atoms with E-state index in [0.717, 1.165) is 83.5 Å². The van der Waals surface area contributed by atoms with Crippen LogP contribution in [0.1, 0.15) is 278 Å². The summed E-state index contributed by atoms with van der Waals surface area (Å²) < 4.78 is 30.3. The molecule has 1 N–H and O–H groups in total. The number of unbranched alkanes of at least 4 members (excludes halogenated alkanes) is 28. The van der Waals surface area contributed by atoms with Crippen LogP contribution in [0.15, 0.2) is 97.2 Å². The average Bonchev–Trinajstić information content (AvgIpc) is 3.41. The number of ether oxygens (including phenoxy) is 1. The summed E-state index contributed by atoms with van der Waals surface area (Å²) in [4.78, 5) is 40.0. The Morgan fingerprint density at radius 2 is 0.785 bits per heavy atom. The molecule has 0 saturated carbocycles. The van der Waals surface area contributed by atoms with Gasteiger partial charge in [-0.15, -0.1) is 0 Å². The highest BCUT2D eigenvalue weighted by atomic mass is 31.2. The van der Waals surface area contributed by atoms with Gasteiger partial charge in [0.25, 0.3) is 7.82 Å². The normalized spacial score (nSPS) is 14.3. The lowest BCUT2D eigenvalue weighted by Crippen LogP contribution is -2.47. The highest BCUT2D eigenvalue weighted by Gasteiger charge is 2.27. The number of nitrogens with one attached hydrogen (secondary N) is 1. The number of quaternary nitrogens is 1. The van der Waals surface area contributed by atoms with Crippen LogP contribution in [0.3, 0.4) is 0 Å². The van der Waals surface area contributed by atoms with Gasteiger partial charge in [-0.1, -0.05) is 253 Å². The van der Waals surface area contributed by atoms with Crippen molar-refractivity contribution in [3.8, 4) is 0 Å². The third-order valence-corrected chi connectivity index (χ3v) is 15.0. The summed E-state index contributed by atoms with van der Waals surface area (Å²) in [6.45, 7) is 6.74. The van der Waals surface area contributed by atoms with Crippen LogP contribution in [0.5, 0.6) is 0 Å². The number of esters is 1. The molecule has 0 aliphatic heterocycles. The second kappa shape index (κ2) is 58.1. The Balaban J connectivity index is 5.17. The van der Waals surface area contributed by atoms with Crippen molar-refractivity contribution in [1.82, 2.24) is 5.32 Å². The molecule has 0 spiro atoms. The number of carbonyl (C=O) groups excluding carboxylic acids is 2. The van der Waals surface area contributed by atoms with Crippen molar-refractivity contribution in [2.75, 3.05) is 40.9 Å². The number of amides is 1. The molecule has 0 rings (SSSR count). The summed E-state index contributed by atoms with van der Waals surface area (Å²) in [5, 5.41) is 2.99. The number of phosphoric acid groups is 1. The summed E-state index contributed by atoms with van der Waals surface area (Å²) in [6, 6.07) is -0.922. The molecule has 79 heavy (non-hydrogen) atoms. The molecule has 0 aromatic carbocycles. The van der Waals surface area contributed by atoms with E-state index in [9.17, 15) is 19.0 Å². The Morgan fingerprint density at radius 3 is 1.20 bits per heavy atom. The van der Waals surface area contributed by atoms with Crippen molar-refractivity contribution in [2.45, 2.75) is 290 Å². The van der Waals surface area contributed by atoms with E-state index in [2.05, 4.69) is 111 Å². The maximum absolute atomic E-state index is 13.5. The molecule has 456 valence electrons. The first-order valence-corrected chi connectivity index (χ1v) is 34.0. The van der Waals surface area contributed by atoms with Gasteiger partial charge in [0.15, 0.2) is 0 Å². The standard InChI is InChI=1S/C69H123N2O7P/c1-7-10-13-16-19-22-25-27-29-31-32-33-34-35-36-37-38-40-42-44-47-50-53-56-59-62-69(73)78-67(60-57-54-51-48-45-24-21-18-15-12-9-3)66(65-77-79(74,75)76-64-63-71(4,5)6)70-68(72)61-58-55-52-49-46-43-41-39-30-28-26-23-20-17-14-11-8-2/h19-20,22-23,27-30,32-33,41,43,49,52,57,60,66-67H,7-18,21,24-26,31,34-40,42,44-48,50-51,53-56,58-59,61-65H2,1-6H3,(H-,70,72,74,75)/b22-19-,23-20-,29-27-,30-28-,33-32-,43-41-,52-49-,60-57-. The number of likely N-dealkylation sites (N-methyl/N-ethyl adjacent to an activating group) is 1. The molecule has 0 fully saturated rings. The van der Waals surface area contributed by atoms with Crippen molar-refractivity contribution < 1.29 is 37.3 Å². The largest absolute Gasteiger partial charge is 0.756 e. The van der Waals surface area contributed by atoms with Gasteiger partial charge in [-0.05, 0) is 109 Å². The van der Waals surface area contributed by atoms with E-state index >= 15 is 0 Å². The number of allylic oxidation sites excluding steroid dienone is 15. The fourth-order valence-electron chi connectivity index (χ4n) is 8.93. The van der Waals surface area contributed by atoms with Crippen LogP contribution in [0.2, 0.25) is 0 Å². The highest BCUT2D eigenvalue weighted by Crippen LogP contribution is 2.38. The maximum Gasteiger partial charge on any atom is 0.306 e. The number of rotatable bonds is 58. The predicted octanol–water partition coefficient (Wildman–Crippen LogP) is 19.7. The van der Waals surface area contributed by atoms with E-state index < -0.39 is 26.6 Å². The van der Waals surface area contributed by atoms with Crippen LogP contribution >= 0.6 is 7.82 Å². The first kappa shape index (κ1) is 75.9. The molecule has 0 aliphatic carbocycles. The van der Waals surface area contributed by atoms with Gasteiger partial charge in [0.05, 0.1) is 33.8 Å². The molecule has 1 amide bonds. The highest BCUT2D eigenvalue weighted by molar-refractivity contribution is 7.45. The fraction of sp³-hybridized carbons (Fsp3) is 0.739. The van der Waals surface area contributed by atoms with E-state index in [1.54, 1.807) is 0 Å². The monoisotopic (exact) mass is 1120 g/mol. The Bertz CT molecular complexity index is 1670. The Morgan fingerprint density at radius 1 is 0.443 bits per heavy atom. The average molecular weight is 1120 g/mol. The van der Waals surface area contributed by atoms with E-state index in [1.165, 1.54) is 154 Å². The number of carbonyl (C=O) groups is 2. The Hall–Kier alpha value is -3.07. The molecular weight excluding hydrogens is 1000 g/mol. The number of hydrogen-bond donors (Lipinski definition) is 1. The summed E-state index contributed by atoms with van der Waals surface area (Å²) in [5.41, 5.74) is 0. The van der Waals surface area contributed by atoms with Crippen LogP contribution < -0.4 is 10.2 Å². The number of nitrogens with zero attached hydrogens (tertiary/aromatic N) is 1. The molecule has 0 aromatic rings. The molecule has 0 heterocycles. The molecule has 0 bridgehead atoms. The number of phosphoric ester groups is 1. The van der Waals surface area contributed by atoms with E-state index in [-0.39, 0.29) is 31.3 Å². The summed E-state index contributed by atoms with van der Waals surface area (Å²) >= 11 is 0. The first-order chi connectivity index (χ1) is 38.4. The van der Waals surface area contributed by atoms with Gasteiger partial charge < -0.3 is 28.5 Å². The molecular formula is C69H123N2O7P. The van der Waals surface area contributed by atoms with Gasteiger partial charge in [-0.3, -0.25) is 14.2 Å². The molecule has 0 radical (unpaired) electrons. The van der Waals surface area contributed by atoms with Crippen LogP contribution in [0.4, 0.5) is 0 Å². The van der Waals surface area contributed by atoms with Gasteiger partial charge in [0.1, 0.15) is 19.3 Å². The Labute approximate surface area is 488 Å². The third-order valence-electron chi connectivity index (χ3n) is 14.0. The Kier molecular flexibility index (Phi) is 55.9. The van der Waals surface area contributed by atoms with Crippen LogP contribution in [0.25, 0.3) is 0 Å². The molecule has 3 unspecified atom stereocenters. The van der Waals surface area contributed by atoms with Gasteiger partial charge in [0.2, 0.25) is 5.91 Å². The minimum Gasteiger partial charge on any atom is -0.756 e. The minimum atomic E-state index is -4.72. The summed E-state index contributed by atoms with van der Waals surface area (Å²) in [5.74, 6) is -0.610. The lowest BCUT2D eigenvalue weighted by atomic mass is 10.0. The second-order valence-electron chi connectivity index (χ2n) is 22.9. The summed E-state index contributed by atoms with van der Waals surface area (Å²) in [7, 11) is 1.14. The molecule has 3 atom stereocenters. The van der Waals surface area contributed by atoms with E-state index in [4.69, 9.17) is 13.8 Å². The smallest absolute Gasteiger partial charge is 0.306 e. The lowest BCUT2D eigenvalue weighted by molar-refractivity contribution is -0.870. The van der Waals surface area contributed by atoms with Gasteiger partial charge in [-0.2, -0.15) is 0 Å². The van der Waals surface area contributed by atoms with Crippen LogP contribution in [0, 0.1) is 0 Å². The minimum absolute atomic E-state index is 0.0364. The molecule has 10 heteroatoms. The topological polar surface area (TPSA) is 114 Å². The first-order valence-electron chi connectivity index (χ1n) is 32.5. The third kappa shape index (κ3) is 59.4. The molecule has 9 nitrogen and oxygen atoms in total. The van der Waals surface area contributed by atoms with Gasteiger partial charge in [0, 0.05) is 12.8 Å². The molecule has 0 aromatic heterocycles. The van der Waals surface area contributed by atoms with Crippen LogP contribution in [-0.2, 0) is 27.9 Å². The van der Waals surface area contributed by atoms with Gasteiger partial charge in [-0.25, -0.2) is 0 Å². The van der Waals surface area contributed by atoms with Crippen LogP contribution in [-0.4, -0.2) is 69.4 Å². The van der Waals surface area contributed by atoms with Crippen molar-refractivity contribution in [3.63, 3.8) is 0 Å². The van der Waals surface area contributed by atoms with Gasteiger partial charge >= 0.3 is 5.97 Å². The van der Waals surface area contributed by atoms with Crippen molar-refractivity contribution in [2.24, 2.45) is 0 Å². The molecule has 0 saturated heterocycles. The second-order valence-corrected chi connectivity index (χ2v) is 24.3. The predicted molar refractivity (Wildman–Crippen MR) is 339 cm³/mol. The maximum atomic E-state index is 13.5. The van der Waals surface area contributed by atoms with Crippen molar-refractivity contribution in [1.29, 1.82) is 0 Å².